The number of amides is 1. The number of aromatic nitrogens is 4. The van der Waals surface area contributed by atoms with Crippen LogP contribution >= 0.6 is 0 Å². The number of carbonyl (C=O) groups excluding carboxylic acids is 1. The topological polar surface area (TPSA) is 82.1 Å². The van der Waals surface area contributed by atoms with E-state index in [1.165, 1.54) is 6.07 Å². The molecule has 1 saturated heterocycles. The predicted octanol–water partition coefficient (Wildman–Crippen LogP) is 1.69. The first-order chi connectivity index (χ1) is 15.0. The maximum atomic E-state index is 13.2. The fourth-order valence-electron chi connectivity index (χ4n) is 4.99. The van der Waals surface area contributed by atoms with Crippen molar-refractivity contribution in [3.8, 4) is 11.4 Å². The maximum Gasteiger partial charge on any atom is 0.261 e. The van der Waals surface area contributed by atoms with E-state index in [4.69, 9.17) is 0 Å². The number of carbonyl (C=O) groups is 1. The summed E-state index contributed by atoms with van der Waals surface area (Å²) in [6, 6.07) is 6.99. The van der Waals surface area contributed by atoms with Gasteiger partial charge in [0.25, 0.3) is 17.0 Å². The van der Waals surface area contributed by atoms with Crippen LogP contribution in [0.1, 0.15) is 35.3 Å². The van der Waals surface area contributed by atoms with Gasteiger partial charge in [-0.25, -0.2) is 4.98 Å². The minimum atomic E-state index is -0.163. The fraction of sp³-hybridized carbons (Fsp3) is 0.391. The Hall–Kier alpha value is -3.42. The van der Waals surface area contributed by atoms with Crippen molar-refractivity contribution in [3.63, 3.8) is 0 Å². The number of likely N-dealkylation sites (tertiary alicyclic amines) is 1. The highest BCUT2D eigenvalue weighted by atomic mass is 16.2. The molecule has 8 heteroatoms. The summed E-state index contributed by atoms with van der Waals surface area (Å²) in [4.78, 5) is 44.6. The number of nitrogens with zero attached hydrogens (tertiary/aromatic N) is 5. The zero-order chi connectivity index (χ0) is 21.7. The van der Waals surface area contributed by atoms with Gasteiger partial charge >= 0.3 is 0 Å². The van der Waals surface area contributed by atoms with E-state index in [2.05, 4.69) is 4.98 Å². The summed E-state index contributed by atoms with van der Waals surface area (Å²) < 4.78 is 5.29. The fourth-order valence-corrected chi connectivity index (χ4v) is 4.99. The van der Waals surface area contributed by atoms with Crippen LogP contribution in [0.5, 0.6) is 0 Å². The Labute approximate surface area is 179 Å². The van der Waals surface area contributed by atoms with Crippen LogP contribution in [0.3, 0.4) is 0 Å². The van der Waals surface area contributed by atoms with Gasteiger partial charge in [0.05, 0.1) is 5.56 Å². The number of hydrogen-bond donors (Lipinski definition) is 0. The maximum absolute atomic E-state index is 13.2. The van der Waals surface area contributed by atoms with E-state index in [0.717, 1.165) is 12.1 Å². The summed E-state index contributed by atoms with van der Waals surface area (Å²) in [5.74, 6) is 0.862. The van der Waals surface area contributed by atoms with Crippen molar-refractivity contribution in [2.24, 2.45) is 13.0 Å². The van der Waals surface area contributed by atoms with Gasteiger partial charge in [-0.3, -0.25) is 14.4 Å². The number of aryl methyl sites for hydroxylation is 2. The standard InChI is InChI=1S/C23H25N5O3/c1-3-26-8-6-16(11-20(26)29)22(30)27-12-15-10-17(14-27)19-5-4-18(23(31)28(19)13-15)21-24-7-9-25(21)2/h4-9,11,15,17H,3,10,12-14H2,1-2H3/t15-,17+/m0/s1. The summed E-state index contributed by atoms with van der Waals surface area (Å²) in [5.41, 5.74) is 1.81. The normalized spacial score (nSPS) is 19.9. The lowest BCUT2D eigenvalue weighted by molar-refractivity contribution is 0.0594. The zero-order valence-electron chi connectivity index (χ0n) is 17.7. The molecule has 31 heavy (non-hydrogen) atoms. The smallest absolute Gasteiger partial charge is 0.261 e. The Kier molecular flexibility index (Phi) is 4.64. The molecular formula is C23H25N5O3. The highest BCUT2D eigenvalue weighted by Crippen LogP contribution is 2.36. The van der Waals surface area contributed by atoms with Gasteiger partial charge < -0.3 is 18.6 Å². The largest absolute Gasteiger partial charge is 0.338 e. The molecule has 5 heterocycles. The molecule has 0 aliphatic carbocycles. The van der Waals surface area contributed by atoms with Crippen molar-refractivity contribution >= 4 is 5.91 Å². The molecule has 2 aliphatic heterocycles. The molecule has 0 N–H and O–H groups in total. The van der Waals surface area contributed by atoms with Gasteiger partial charge in [-0.2, -0.15) is 0 Å². The van der Waals surface area contributed by atoms with Crippen molar-refractivity contribution in [2.45, 2.75) is 32.4 Å². The van der Waals surface area contributed by atoms with Crippen molar-refractivity contribution < 1.29 is 4.79 Å². The number of rotatable bonds is 3. The molecule has 3 aromatic heterocycles. The molecule has 1 amide bonds. The van der Waals surface area contributed by atoms with Crippen molar-refractivity contribution in [1.82, 2.24) is 23.6 Å². The average Bonchev–Trinajstić information content (AvgIpc) is 3.19. The molecule has 2 bridgehead atoms. The van der Waals surface area contributed by atoms with Crippen LogP contribution in [0.15, 0.2) is 52.4 Å². The van der Waals surface area contributed by atoms with Gasteiger partial charge in [0.1, 0.15) is 5.82 Å². The summed E-state index contributed by atoms with van der Waals surface area (Å²) in [7, 11) is 1.88. The van der Waals surface area contributed by atoms with E-state index in [1.807, 2.05) is 46.3 Å². The minimum Gasteiger partial charge on any atom is -0.338 e. The lowest BCUT2D eigenvalue weighted by Crippen LogP contribution is -2.49. The first kappa shape index (κ1) is 19.5. The Balaban J connectivity index is 1.45. The van der Waals surface area contributed by atoms with E-state index in [-0.39, 0.29) is 28.9 Å². The van der Waals surface area contributed by atoms with Gasteiger partial charge in [0.2, 0.25) is 0 Å². The molecule has 3 aromatic rings. The molecule has 1 fully saturated rings. The number of fused-ring (bicyclic) bond motifs is 4. The molecule has 0 spiro atoms. The molecule has 0 saturated carbocycles. The van der Waals surface area contributed by atoms with E-state index in [1.54, 1.807) is 23.0 Å². The molecule has 2 aliphatic rings. The zero-order valence-corrected chi connectivity index (χ0v) is 17.7. The predicted molar refractivity (Wildman–Crippen MR) is 116 cm³/mol. The van der Waals surface area contributed by atoms with E-state index in [9.17, 15) is 14.4 Å². The Morgan fingerprint density at radius 2 is 1.97 bits per heavy atom. The van der Waals surface area contributed by atoms with Gasteiger partial charge in [-0.15, -0.1) is 0 Å². The SMILES string of the molecule is CCn1ccc(C(=O)N2C[C@@H]3C[C@H](C2)c2ccc(-c4nccn4C)c(=O)n2C3)cc1=O. The van der Waals surface area contributed by atoms with Gasteiger partial charge in [0.15, 0.2) is 0 Å². The summed E-state index contributed by atoms with van der Waals surface area (Å²) in [5, 5.41) is 0. The van der Waals surface area contributed by atoms with Crippen LogP contribution in [0, 0.1) is 5.92 Å². The van der Waals surface area contributed by atoms with Crippen LogP contribution in [-0.2, 0) is 20.1 Å². The highest BCUT2D eigenvalue weighted by molar-refractivity contribution is 5.94. The van der Waals surface area contributed by atoms with Gasteiger partial charge in [-0.05, 0) is 37.5 Å². The quantitative estimate of drug-likeness (QED) is 0.647. The molecule has 0 radical (unpaired) electrons. The second-order valence-electron chi connectivity index (χ2n) is 8.50. The van der Waals surface area contributed by atoms with Gasteiger partial charge in [-0.1, -0.05) is 0 Å². The summed E-state index contributed by atoms with van der Waals surface area (Å²) in [6.45, 7) is 4.20. The minimum absolute atomic E-state index is 0.0237. The summed E-state index contributed by atoms with van der Waals surface area (Å²) >= 11 is 0. The number of pyridine rings is 2. The van der Waals surface area contributed by atoms with Crippen molar-refractivity contribution in [1.29, 1.82) is 0 Å². The van der Waals surface area contributed by atoms with E-state index < -0.39 is 0 Å². The van der Waals surface area contributed by atoms with Crippen molar-refractivity contribution in [2.75, 3.05) is 13.1 Å². The van der Waals surface area contributed by atoms with E-state index >= 15 is 0 Å². The molecule has 160 valence electrons. The number of imidazole rings is 1. The second kappa shape index (κ2) is 7.37. The Bertz CT molecular complexity index is 1280. The highest BCUT2D eigenvalue weighted by Gasteiger charge is 2.37. The second-order valence-corrected chi connectivity index (χ2v) is 8.50. The molecule has 2 atom stereocenters. The third kappa shape index (κ3) is 3.22. The van der Waals surface area contributed by atoms with Crippen molar-refractivity contribution in [3.05, 3.63) is 74.8 Å². The third-order valence-corrected chi connectivity index (χ3v) is 6.54. The van der Waals surface area contributed by atoms with Crippen LogP contribution < -0.4 is 11.1 Å². The lowest BCUT2D eigenvalue weighted by Gasteiger charge is -2.43. The molecule has 0 unspecified atom stereocenters. The molecular weight excluding hydrogens is 394 g/mol. The van der Waals surface area contributed by atoms with Crippen LogP contribution in [0.25, 0.3) is 11.4 Å². The van der Waals surface area contributed by atoms with Crippen LogP contribution in [-0.4, -0.2) is 42.6 Å². The lowest BCUT2D eigenvalue weighted by atomic mass is 9.82. The first-order valence-corrected chi connectivity index (χ1v) is 10.7. The van der Waals surface area contributed by atoms with Crippen LogP contribution in [0.4, 0.5) is 0 Å². The Morgan fingerprint density at radius 1 is 1.13 bits per heavy atom. The summed E-state index contributed by atoms with van der Waals surface area (Å²) in [6.07, 6.45) is 6.16. The third-order valence-electron chi connectivity index (χ3n) is 6.54. The van der Waals surface area contributed by atoms with E-state index in [0.29, 0.717) is 43.1 Å². The number of hydrogen-bond acceptors (Lipinski definition) is 4. The van der Waals surface area contributed by atoms with Gasteiger partial charge in [0, 0.05) is 75.1 Å². The molecule has 8 nitrogen and oxygen atoms in total. The monoisotopic (exact) mass is 419 g/mol. The Morgan fingerprint density at radius 3 is 2.68 bits per heavy atom. The first-order valence-electron chi connectivity index (χ1n) is 10.7. The molecule has 5 rings (SSSR count). The molecule has 0 aromatic carbocycles. The average molecular weight is 419 g/mol. The number of piperidine rings is 1. The van der Waals surface area contributed by atoms with Crippen LogP contribution in [0.2, 0.25) is 0 Å².